The van der Waals surface area contributed by atoms with Crippen LogP contribution in [0.2, 0.25) is 0 Å². The summed E-state index contributed by atoms with van der Waals surface area (Å²) in [4.78, 5) is 1.99. The molecule has 9 N–H and O–H groups in total. The van der Waals surface area contributed by atoms with Gasteiger partial charge in [0, 0.05) is 37.5 Å². The standard InChI is InChI=1S/C7H17NO.C7H16O2.3C7H16O.C6H12F2.2C6H14O.C5H12O/c1-6(2)7(9)5-8(3)4;1-6(2)7(3,4-8)5-9;2*1-5-7(4,8)6(2)3;1-4-7(5-8)6(2)3;1-4-6(7,8)5(2)3;2*1-4-6(7)5(2)3;1-5(2)3-4-6/h6-7,9H,5H2,1-4H3;6,8-9H,4-5H2,1-3H3;2*6,8H,5H2,1-4H3;6-8H,4-5H2,1-3H3;5H,4H2,1-3H3;2*5-7H,4H2,1-3H3;5-6H,3-4H2,1-2H3/t7-;;2*7-;;;2*6-;/m1.10..10./s1. The van der Waals surface area contributed by atoms with Gasteiger partial charge in [-0.1, -0.05) is 180 Å². The van der Waals surface area contributed by atoms with E-state index in [1.165, 1.54) is 20.8 Å². The zero-order chi connectivity index (χ0) is 58.6. The summed E-state index contributed by atoms with van der Waals surface area (Å²) in [5, 5.41) is 80.5. The molecule has 0 fully saturated rings. The maximum Gasteiger partial charge on any atom is 0.250 e. The Morgan fingerprint density at radius 2 is 0.757 bits per heavy atom. The Labute approximate surface area is 437 Å². The van der Waals surface area contributed by atoms with Crippen LogP contribution in [-0.4, -0.2) is 133 Å². The lowest BCUT2D eigenvalue weighted by molar-refractivity contribution is -0.0478. The molecule has 12 heteroatoms. The molecule has 10 nitrogen and oxygen atoms in total. The van der Waals surface area contributed by atoms with E-state index in [2.05, 4.69) is 34.6 Å². The van der Waals surface area contributed by atoms with Gasteiger partial charge in [-0.3, -0.25) is 0 Å². The van der Waals surface area contributed by atoms with Gasteiger partial charge in [0.1, 0.15) is 0 Å². The minimum Gasteiger partial charge on any atom is -0.396 e. The molecule has 0 aromatic heterocycles. The van der Waals surface area contributed by atoms with Crippen LogP contribution in [0.15, 0.2) is 0 Å². The lowest BCUT2D eigenvalue weighted by Crippen LogP contribution is -2.31. The van der Waals surface area contributed by atoms with E-state index in [4.69, 9.17) is 30.6 Å². The van der Waals surface area contributed by atoms with Crippen molar-refractivity contribution in [1.82, 2.24) is 4.90 Å². The molecular weight excluding hydrogens is 893 g/mol. The third-order valence-electron chi connectivity index (χ3n) is 13.5. The second kappa shape index (κ2) is 51.9. The molecule has 0 saturated heterocycles. The van der Waals surface area contributed by atoms with Crippen molar-refractivity contribution in [2.45, 2.75) is 267 Å². The van der Waals surface area contributed by atoms with Crippen LogP contribution in [0.1, 0.15) is 232 Å². The molecule has 0 spiro atoms. The first-order valence-electron chi connectivity index (χ1n) is 27.4. The van der Waals surface area contributed by atoms with Gasteiger partial charge < -0.3 is 50.9 Å². The second-order valence-electron chi connectivity index (χ2n) is 23.1. The number of likely N-dealkylation sites (N-methyl/N-ethyl adjacent to an activating group) is 1. The molecule has 0 heterocycles. The van der Waals surface area contributed by atoms with Crippen LogP contribution < -0.4 is 0 Å². The Hall–Kier alpha value is -0.540. The Kier molecular flexibility index (Phi) is 66.1. The lowest BCUT2D eigenvalue weighted by atomic mass is 9.81. The molecule has 0 rings (SSSR count). The van der Waals surface area contributed by atoms with E-state index >= 15 is 0 Å². The fourth-order valence-corrected chi connectivity index (χ4v) is 4.24. The van der Waals surface area contributed by atoms with Crippen LogP contribution in [0, 0.1) is 64.6 Å². The summed E-state index contributed by atoms with van der Waals surface area (Å²) in [5.41, 5.74) is -1.22. The number of rotatable bonds is 21. The van der Waals surface area contributed by atoms with Crippen molar-refractivity contribution in [1.29, 1.82) is 0 Å². The summed E-state index contributed by atoms with van der Waals surface area (Å²) in [7, 11) is 3.93. The molecule has 0 aromatic rings. The maximum atomic E-state index is 12.3. The summed E-state index contributed by atoms with van der Waals surface area (Å²) in [6.07, 6.45) is 5.02. The quantitative estimate of drug-likeness (QED) is 0.0536. The van der Waals surface area contributed by atoms with E-state index in [1.54, 1.807) is 0 Å². The predicted octanol–water partition coefficient (Wildman–Crippen LogP) is 13.0. The fourth-order valence-electron chi connectivity index (χ4n) is 4.24. The SMILES string of the molecule is CC(C)C(C)(CO)CO.CC(C)CCO.CC(C)[C@H](O)CN(C)C.CCC(CO)C(C)C.CCC(F)(F)C(C)C.CC[C@@H](O)C(C)C.CC[C@@](C)(O)C(C)C.CC[C@H](O)C(C)C.CC[C@](C)(O)C(C)C. The maximum absolute atomic E-state index is 12.3. The summed E-state index contributed by atoms with van der Waals surface area (Å²) in [6.45, 7) is 54.5. The Balaban J connectivity index is -0.0000000856. The van der Waals surface area contributed by atoms with Crippen molar-refractivity contribution in [3.63, 3.8) is 0 Å². The zero-order valence-corrected chi connectivity index (χ0v) is 52.2. The highest BCUT2D eigenvalue weighted by atomic mass is 19.3. The normalized spacial score (nSPS) is 14.8. The van der Waals surface area contributed by atoms with Gasteiger partial charge in [0.15, 0.2) is 0 Å². The zero-order valence-electron chi connectivity index (χ0n) is 52.2. The van der Waals surface area contributed by atoms with Gasteiger partial charge in [-0.25, -0.2) is 8.78 Å². The molecule has 0 aliphatic carbocycles. The highest BCUT2D eigenvalue weighted by Gasteiger charge is 2.30. The lowest BCUT2D eigenvalue weighted by Gasteiger charge is -2.28. The van der Waals surface area contributed by atoms with E-state index in [-0.39, 0.29) is 43.4 Å². The first kappa shape index (κ1) is 89.1. The Morgan fingerprint density at radius 3 is 0.771 bits per heavy atom. The van der Waals surface area contributed by atoms with E-state index in [0.717, 1.165) is 45.1 Å². The van der Waals surface area contributed by atoms with Crippen molar-refractivity contribution in [2.24, 2.45) is 64.6 Å². The average molecular weight is 1030 g/mol. The molecule has 0 aliphatic rings. The molecule has 0 aliphatic heterocycles. The highest BCUT2D eigenvalue weighted by molar-refractivity contribution is 4.75. The van der Waals surface area contributed by atoms with Gasteiger partial charge in [-0.15, -0.1) is 0 Å². The van der Waals surface area contributed by atoms with Gasteiger partial charge >= 0.3 is 0 Å². The van der Waals surface area contributed by atoms with Crippen molar-refractivity contribution in [3.8, 4) is 0 Å². The Morgan fingerprint density at radius 1 is 0.443 bits per heavy atom. The first-order chi connectivity index (χ1) is 31.5. The number of nitrogens with zero attached hydrogens (tertiary/aromatic N) is 1. The van der Waals surface area contributed by atoms with Crippen LogP contribution in [0.5, 0.6) is 0 Å². The van der Waals surface area contributed by atoms with Gasteiger partial charge in [0.25, 0.3) is 0 Å². The summed E-state index contributed by atoms with van der Waals surface area (Å²) >= 11 is 0. The van der Waals surface area contributed by atoms with Crippen molar-refractivity contribution in [3.05, 3.63) is 0 Å². The number of alkyl halides is 2. The van der Waals surface area contributed by atoms with Gasteiger partial charge in [0.2, 0.25) is 5.92 Å². The molecule has 1 unspecified atom stereocenters. The van der Waals surface area contributed by atoms with Gasteiger partial charge in [-0.05, 0) is 113 Å². The molecule has 438 valence electrons. The third kappa shape index (κ3) is 61.8. The molecule has 6 atom stereocenters. The monoisotopic (exact) mass is 1030 g/mol. The van der Waals surface area contributed by atoms with Gasteiger partial charge in [0.05, 0.1) is 42.7 Å². The minimum absolute atomic E-state index is 0.0509. The number of aliphatic hydroxyl groups excluding tert-OH is 7. The largest absolute Gasteiger partial charge is 0.396 e. The van der Waals surface area contributed by atoms with Crippen molar-refractivity contribution in [2.75, 3.05) is 47.1 Å². The van der Waals surface area contributed by atoms with E-state index in [9.17, 15) is 24.1 Å². The third-order valence-corrected chi connectivity index (χ3v) is 13.5. The van der Waals surface area contributed by atoms with Crippen LogP contribution >= 0.6 is 0 Å². The summed E-state index contributed by atoms with van der Waals surface area (Å²) < 4.78 is 24.6. The predicted molar refractivity (Wildman–Crippen MR) is 303 cm³/mol. The molecule has 0 radical (unpaired) electrons. The van der Waals surface area contributed by atoms with Crippen LogP contribution in [0.4, 0.5) is 8.78 Å². The molecule has 0 saturated carbocycles. The number of halogens is 2. The van der Waals surface area contributed by atoms with Crippen LogP contribution in [0.3, 0.4) is 0 Å². The molecule has 0 amide bonds. The molecule has 70 heavy (non-hydrogen) atoms. The number of aliphatic hydroxyl groups is 9. The van der Waals surface area contributed by atoms with Gasteiger partial charge in [-0.2, -0.15) is 0 Å². The van der Waals surface area contributed by atoms with E-state index in [0.29, 0.717) is 66.5 Å². The molecule has 0 bridgehead atoms. The number of hydrogen-bond donors (Lipinski definition) is 9. The van der Waals surface area contributed by atoms with Crippen LogP contribution in [-0.2, 0) is 0 Å². The van der Waals surface area contributed by atoms with E-state index in [1.807, 2.05) is 151 Å². The molecule has 0 aromatic carbocycles. The average Bonchev–Trinajstić information content (AvgIpc) is 3.26. The fraction of sp³-hybridized carbons (Fsp3) is 1.00. The first-order valence-corrected chi connectivity index (χ1v) is 27.4. The van der Waals surface area contributed by atoms with Crippen LogP contribution in [0.25, 0.3) is 0 Å². The summed E-state index contributed by atoms with van der Waals surface area (Å²) in [6, 6.07) is 0. The smallest absolute Gasteiger partial charge is 0.250 e. The van der Waals surface area contributed by atoms with Crippen molar-refractivity contribution < 1.29 is 54.7 Å². The van der Waals surface area contributed by atoms with E-state index < -0.39 is 23.0 Å². The Bertz CT molecular complexity index is 936. The van der Waals surface area contributed by atoms with Crippen molar-refractivity contribution >= 4 is 0 Å². The second-order valence-corrected chi connectivity index (χ2v) is 23.1. The minimum atomic E-state index is -2.46. The highest BCUT2D eigenvalue weighted by Crippen LogP contribution is 2.27. The topological polar surface area (TPSA) is 185 Å². The summed E-state index contributed by atoms with van der Waals surface area (Å²) in [5.74, 6) is 1.08. The number of hydrogen-bond acceptors (Lipinski definition) is 10. The molecular formula is C58H133F2NO9.